The number of nitrogens with zero attached hydrogens (tertiary/aromatic N) is 1. The molecule has 0 aromatic carbocycles. The molecule has 0 saturated carbocycles. The van der Waals surface area contributed by atoms with Crippen molar-refractivity contribution in [3.05, 3.63) is 33.2 Å². The number of hydrogen-bond acceptors (Lipinski definition) is 3. The van der Waals surface area contributed by atoms with Crippen molar-refractivity contribution in [1.82, 2.24) is 15.2 Å². The smallest absolute Gasteiger partial charge is 0.261 e. The Hall–Kier alpha value is -1.62. The highest BCUT2D eigenvalue weighted by molar-refractivity contribution is 5.94. The average Bonchev–Trinajstić information content (AvgIpc) is 2.43. The molecule has 1 aliphatic carbocycles. The predicted molar refractivity (Wildman–Crippen MR) is 83.8 cm³/mol. The highest BCUT2D eigenvalue weighted by Gasteiger charge is 2.19. The van der Waals surface area contributed by atoms with Gasteiger partial charge in [-0.2, -0.15) is 0 Å². The van der Waals surface area contributed by atoms with Gasteiger partial charge >= 0.3 is 0 Å². The monoisotopic (exact) mass is 291 g/mol. The zero-order chi connectivity index (χ0) is 15.4. The summed E-state index contributed by atoms with van der Waals surface area (Å²) < 4.78 is 0. The Bertz CT molecular complexity index is 563. The van der Waals surface area contributed by atoms with Gasteiger partial charge in [0.25, 0.3) is 11.5 Å². The van der Waals surface area contributed by atoms with E-state index in [0.717, 1.165) is 43.5 Å². The van der Waals surface area contributed by atoms with Gasteiger partial charge in [0.15, 0.2) is 0 Å². The van der Waals surface area contributed by atoms with Crippen LogP contribution in [0.15, 0.2) is 10.9 Å². The maximum absolute atomic E-state index is 12.1. The third-order valence-electron chi connectivity index (χ3n) is 3.98. The quantitative estimate of drug-likeness (QED) is 0.801. The molecule has 0 spiro atoms. The Balaban J connectivity index is 2.04. The Morgan fingerprint density at radius 1 is 1.48 bits per heavy atom. The molecule has 1 unspecified atom stereocenters. The molecular weight excluding hydrogens is 266 g/mol. The number of fused-ring (bicyclic) bond motifs is 1. The van der Waals surface area contributed by atoms with Crippen LogP contribution in [0.2, 0.25) is 0 Å². The minimum Gasteiger partial charge on any atom is -0.352 e. The van der Waals surface area contributed by atoms with Crippen LogP contribution < -0.4 is 10.9 Å². The van der Waals surface area contributed by atoms with Crippen LogP contribution in [0.5, 0.6) is 0 Å². The number of aromatic amines is 1. The zero-order valence-electron chi connectivity index (χ0n) is 13.2. The number of amides is 1. The Morgan fingerprint density at radius 3 is 2.95 bits per heavy atom. The van der Waals surface area contributed by atoms with E-state index in [9.17, 15) is 9.59 Å². The molecule has 1 heterocycles. The molecule has 1 atom stereocenters. The lowest BCUT2D eigenvalue weighted by molar-refractivity contribution is 0.0950. The van der Waals surface area contributed by atoms with Gasteiger partial charge in [0.2, 0.25) is 0 Å². The van der Waals surface area contributed by atoms with Crippen LogP contribution in [0, 0.1) is 5.92 Å². The first-order chi connectivity index (χ1) is 9.97. The summed E-state index contributed by atoms with van der Waals surface area (Å²) >= 11 is 0. The maximum atomic E-state index is 12.1. The molecule has 5 heteroatoms. The van der Waals surface area contributed by atoms with E-state index in [1.54, 1.807) is 6.07 Å². The van der Waals surface area contributed by atoms with E-state index in [-0.39, 0.29) is 17.0 Å². The summed E-state index contributed by atoms with van der Waals surface area (Å²) in [5, 5.41) is 2.83. The molecule has 2 rings (SSSR count). The molecule has 0 bridgehead atoms. The van der Waals surface area contributed by atoms with E-state index in [0.29, 0.717) is 12.5 Å². The van der Waals surface area contributed by atoms with Gasteiger partial charge in [-0.25, -0.2) is 0 Å². The van der Waals surface area contributed by atoms with Crippen molar-refractivity contribution < 1.29 is 4.79 Å². The topological polar surface area (TPSA) is 65.2 Å². The first-order valence-corrected chi connectivity index (χ1v) is 7.65. The first-order valence-electron chi connectivity index (χ1n) is 7.65. The van der Waals surface area contributed by atoms with Gasteiger partial charge in [0.05, 0.1) is 0 Å². The van der Waals surface area contributed by atoms with Crippen LogP contribution in [0.1, 0.15) is 41.4 Å². The number of aryl methyl sites for hydroxylation is 1. The number of carbonyl (C=O) groups is 1. The first kappa shape index (κ1) is 15.8. The van der Waals surface area contributed by atoms with Crippen LogP contribution in [0.25, 0.3) is 0 Å². The van der Waals surface area contributed by atoms with E-state index < -0.39 is 0 Å². The van der Waals surface area contributed by atoms with Crippen molar-refractivity contribution in [1.29, 1.82) is 0 Å². The minimum absolute atomic E-state index is 0.243. The number of pyridine rings is 1. The van der Waals surface area contributed by atoms with Gasteiger partial charge in [-0.3, -0.25) is 9.59 Å². The van der Waals surface area contributed by atoms with Crippen molar-refractivity contribution in [3.63, 3.8) is 0 Å². The fourth-order valence-electron chi connectivity index (χ4n) is 2.75. The molecule has 21 heavy (non-hydrogen) atoms. The maximum Gasteiger partial charge on any atom is 0.261 e. The Morgan fingerprint density at radius 2 is 2.24 bits per heavy atom. The fourth-order valence-corrected chi connectivity index (χ4v) is 2.75. The van der Waals surface area contributed by atoms with Crippen molar-refractivity contribution in [3.8, 4) is 0 Å². The van der Waals surface area contributed by atoms with Gasteiger partial charge in [-0.05, 0) is 63.9 Å². The molecule has 0 aliphatic heterocycles. The number of carbonyl (C=O) groups excluding carboxylic acids is 1. The summed E-state index contributed by atoms with van der Waals surface area (Å²) in [7, 11) is 3.99. The van der Waals surface area contributed by atoms with Crippen molar-refractivity contribution in [2.75, 3.05) is 27.2 Å². The molecule has 1 aliphatic rings. The summed E-state index contributed by atoms with van der Waals surface area (Å²) in [4.78, 5) is 29.1. The summed E-state index contributed by atoms with van der Waals surface area (Å²) in [5.74, 6) is 0.343. The van der Waals surface area contributed by atoms with E-state index in [1.807, 2.05) is 14.1 Å². The van der Waals surface area contributed by atoms with E-state index in [1.165, 1.54) is 0 Å². The molecule has 0 saturated heterocycles. The summed E-state index contributed by atoms with van der Waals surface area (Å²) in [6, 6.07) is 1.78. The molecule has 116 valence electrons. The van der Waals surface area contributed by atoms with Gasteiger partial charge in [0.1, 0.15) is 5.56 Å². The number of aromatic nitrogens is 1. The SMILES string of the molecule is CC1CCc2[nH]c(=O)c(C(=O)NCCCN(C)C)cc2C1. The fraction of sp³-hybridized carbons (Fsp3) is 0.625. The normalized spacial score (nSPS) is 17.6. The standard InChI is InChI=1S/C16H25N3O2/c1-11-5-6-14-12(9-11)10-13(16(21)18-14)15(20)17-7-4-8-19(2)3/h10-11H,4-9H2,1-3H3,(H,17,20)(H,18,21). The largest absolute Gasteiger partial charge is 0.352 e. The lowest BCUT2D eigenvalue weighted by atomic mass is 9.87. The highest BCUT2D eigenvalue weighted by Crippen LogP contribution is 2.23. The second-order valence-electron chi connectivity index (χ2n) is 6.28. The zero-order valence-corrected chi connectivity index (χ0v) is 13.2. The second kappa shape index (κ2) is 6.89. The van der Waals surface area contributed by atoms with Crippen LogP contribution in [-0.4, -0.2) is 43.0 Å². The van der Waals surface area contributed by atoms with Gasteiger partial charge in [-0.15, -0.1) is 0 Å². The molecule has 2 N–H and O–H groups in total. The summed E-state index contributed by atoms with van der Waals surface area (Å²) in [5.41, 5.74) is 2.09. The van der Waals surface area contributed by atoms with Crippen LogP contribution >= 0.6 is 0 Å². The summed E-state index contributed by atoms with van der Waals surface area (Å²) in [6.07, 6.45) is 3.81. The molecule has 0 radical (unpaired) electrons. The van der Waals surface area contributed by atoms with Crippen molar-refractivity contribution in [2.24, 2.45) is 5.92 Å². The minimum atomic E-state index is -0.270. The lowest BCUT2D eigenvalue weighted by Crippen LogP contribution is -2.33. The Kier molecular flexibility index (Phi) is 5.17. The van der Waals surface area contributed by atoms with Crippen LogP contribution in [-0.2, 0) is 12.8 Å². The van der Waals surface area contributed by atoms with Gasteiger partial charge in [-0.1, -0.05) is 6.92 Å². The molecule has 1 aromatic heterocycles. The molecule has 1 aromatic rings. The molecule has 0 fully saturated rings. The van der Waals surface area contributed by atoms with Gasteiger partial charge in [0, 0.05) is 12.2 Å². The molecule has 1 amide bonds. The second-order valence-corrected chi connectivity index (χ2v) is 6.28. The number of nitrogens with one attached hydrogen (secondary N) is 2. The van der Waals surface area contributed by atoms with E-state index in [2.05, 4.69) is 22.1 Å². The molecule has 5 nitrogen and oxygen atoms in total. The average molecular weight is 291 g/mol. The van der Waals surface area contributed by atoms with Crippen molar-refractivity contribution in [2.45, 2.75) is 32.6 Å². The highest BCUT2D eigenvalue weighted by atomic mass is 16.2. The van der Waals surface area contributed by atoms with Crippen LogP contribution in [0.4, 0.5) is 0 Å². The van der Waals surface area contributed by atoms with E-state index >= 15 is 0 Å². The third kappa shape index (κ3) is 4.17. The van der Waals surface area contributed by atoms with Crippen molar-refractivity contribution >= 4 is 5.91 Å². The predicted octanol–water partition coefficient (Wildman–Crippen LogP) is 1.18. The number of hydrogen-bond donors (Lipinski definition) is 2. The lowest BCUT2D eigenvalue weighted by Gasteiger charge is -2.21. The number of rotatable bonds is 5. The molecular formula is C16H25N3O2. The third-order valence-corrected chi connectivity index (χ3v) is 3.98. The van der Waals surface area contributed by atoms with E-state index in [4.69, 9.17) is 0 Å². The van der Waals surface area contributed by atoms with Gasteiger partial charge < -0.3 is 15.2 Å². The summed E-state index contributed by atoms with van der Waals surface area (Å²) in [6.45, 7) is 3.71. The Labute approximate surface area is 125 Å². The number of H-pyrrole nitrogens is 1. The van der Waals surface area contributed by atoms with Crippen LogP contribution in [0.3, 0.4) is 0 Å².